The van der Waals surface area contributed by atoms with Crippen LogP contribution < -0.4 is 10.9 Å². The zero-order chi connectivity index (χ0) is 22.7. The van der Waals surface area contributed by atoms with E-state index in [4.69, 9.17) is 0 Å². The lowest BCUT2D eigenvalue weighted by Gasteiger charge is -2.30. The van der Waals surface area contributed by atoms with Gasteiger partial charge in [-0.15, -0.1) is 11.3 Å². The fourth-order valence-electron chi connectivity index (χ4n) is 4.02. The quantitative estimate of drug-likeness (QED) is 0.565. The van der Waals surface area contributed by atoms with Crippen LogP contribution in [0.15, 0.2) is 51.7 Å². The minimum Gasteiger partial charge on any atom is -0.326 e. The lowest BCUT2D eigenvalue weighted by molar-refractivity contribution is -0.116. The molecule has 0 spiro atoms. The Morgan fingerprint density at radius 3 is 2.62 bits per heavy atom. The average molecular weight is 475 g/mol. The van der Waals surface area contributed by atoms with Crippen LogP contribution in [0.5, 0.6) is 0 Å². The van der Waals surface area contributed by atoms with Gasteiger partial charge in [-0.25, -0.2) is 13.4 Å². The first kappa shape index (κ1) is 22.6. The molecule has 1 amide bonds. The summed E-state index contributed by atoms with van der Waals surface area (Å²) >= 11 is 1.40. The maximum absolute atomic E-state index is 12.9. The van der Waals surface area contributed by atoms with Crippen molar-refractivity contribution in [3.63, 3.8) is 0 Å². The molecule has 1 fully saturated rings. The van der Waals surface area contributed by atoms with Crippen molar-refractivity contribution in [2.45, 2.75) is 56.0 Å². The maximum atomic E-state index is 12.9. The molecule has 0 unspecified atom stereocenters. The standard InChI is InChI=1S/C22H26N4O4S2/c1-25(17-5-3-2-4-6-17)32(29,30)18-9-7-16(8-10-18)24-20(27)11-13-26-15-23-21-19(22(26)28)12-14-31-21/h7-10,12,14-15,17H,2-6,11,13H2,1H3,(H,24,27). The van der Waals surface area contributed by atoms with Crippen molar-refractivity contribution >= 4 is 43.2 Å². The molecule has 0 atom stereocenters. The first-order valence-corrected chi connectivity index (χ1v) is 13.0. The van der Waals surface area contributed by atoms with Gasteiger partial charge < -0.3 is 5.32 Å². The van der Waals surface area contributed by atoms with E-state index in [2.05, 4.69) is 10.3 Å². The van der Waals surface area contributed by atoms with Crippen LogP contribution in [0.2, 0.25) is 0 Å². The minimum absolute atomic E-state index is 0.0410. The normalized spacial score (nSPS) is 15.3. The van der Waals surface area contributed by atoms with E-state index in [1.807, 2.05) is 5.38 Å². The van der Waals surface area contributed by atoms with Crippen LogP contribution in [0.3, 0.4) is 0 Å². The van der Waals surface area contributed by atoms with Gasteiger partial charge in [0, 0.05) is 31.7 Å². The van der Waals surface area contributed by atoms with Crippen LogP contribution in [0.1, 0.15) is 38.5 Å². The van der Waals surface area contributed by atoms with E-state index in [1.165, 1.54) is 38.7 Å². The van der Waals surface area contributed by atoms with Gasteiger partial charge in [-0.3, -0.25) is 14.2 Å². The summed E-state index contributed by atoms with van der Waals surface area (Å²) in [5.41, 5.74) is 0.341. The summed E-state index contributed by atoms with van der Waals surface area (Å²) in [4.78, 5) is 29.9. The largest absolute Gasteiger partial charge is 0.326 e. The number of carbonyl (C=O) groups excluding carboxylic acids is 1. The molecule has 0 aliphatic heterocycles. The van der Waals surface area contributed by atoms with Gasteiger partial charge in [0.05, 0.1) is 16.6 Å². The van der Waals surface area contributed by atoms with E-state index in [0.717, 1.165) is 32.1 Å². The van der Waals surface area contributed by atoms with Crippen molar-refractivity contribution in [1.29, 1.82) is 0 Å². The summed E-state index contributed by atoms with van der Waals surface area (Å²) in [6.45, 7) is 0.210. The lowest BCUT2D eigenvalue weighted by Crippen LogP contribution is -2.38. The Hall–Kier alpha value is -2.56. The Kier molecular flexibility index (Phi) is 6.73. The molecule has 8 nitrogen and oxygen atoms in total. The SMILES string of the molecule is CN(C1CCCCC1)S(=O)(=O)c1ccc(NC(=O)CCn2cnc3sccc3c2=O)cc1. The van der Waals surface area contributed by atoms with E-state index in [1.54, 1.807) is 25.2 Å². The number of anilines is 1. The first-order chi connectivity index (χ1) is 15.4. The molecule has 0 bridgehead atoms. The van der Waals surface area contributed by atoms with E-state index >= 15 is 0 Å². The molecule has 2 heterocycles. The third kappa shape index (κ3) is 4.77. The van der Waals surface area contributed by atoms with Gasteiger partial charge in [-0.1, -0.05) is 19.3 Å². The highest BCUT2D eigenvalue weighted by Gasteiger charge is 2.28. The molecule has 3 aromatic rings. The van der Waals surface area contributed by atoms with Crippen LogP contribution in [0, 0.1) is 0 Å². The molecule has 2 aromatic heterocycles. The highest BCUT2D eigenvalue weighted by molar-refractivity contribution is 7.89. The number of aryl methyl sites for hydroxylation is 1. The number of carbonyl (C=O) groups is 1. The number of hydrogen-bond donors (Lipinski definition) is 1. The zero-order valence-electron chi connectivity index (χ0n) is 17.9. The van der Waals surface area contributed by atoms with Crippen LogP contribution in [-0.4, -0.2) is 41.3 Å². The number of nitrogens with one attached hydrogen (secondary N) is 1. The summed E-state index contributed by atoms with van der Waals surface area (Å²) < 4.78 is 28.8. The number of rotatable bonds is 7. The monoisotopic (exact) mass is 474 g/mol. The molecule has 4 rings (SSSR count). The van der Waals surface area contributed by atoms with Crippen molar-refractivity contribution < 1.29 is 13.2 Å². The molecule has 1 aliphatic rings. The molecular formula is C22H26N4O4S2. The second-order valence-electron chi connectivity index (χ2n) is 8.02. The van der Waals surface area contributed by atoms with E-state index in [-0.39, 0.29) is 35.4 Å². The highest BCUT2D eigenvalue weighted by atomic mass is 32.2. The second kappa shape index (κ2) is 9.51. The predicted molar refractivity (Wildman–Crippen MR) is 125 cm³/mol. The van der Waals surface area contributed by atoms with Gasteiger partial charge in [0.1, 0.15) is 4.83 Å². The van der Waals surface area contributed by atoms with Gasteiger partial charge in [0.25, 0.3) is 5.56 Å². The minimum atomic E-state index is -3.57. The van der Waals surface area contributed by atoms with Gasteiger partial charge >= 0.3 is 0 Å². The number of sulfonamides is 1. The Morgan fingerprint density at radius 2 is 1.91 bits per heavy atom. The lowest BCUT2D eigenvalue weighted by atomic mass is 9.96. The summed E-state index contributed by atoms with van der Waals surface area (Å²) in [5, 5.41) is 5.12. The molecule has 1 N–H and O–H groups in total. The Bertz CT molecular complexity index is 1260. The Morgan fingerprint density at radius 1 is 1.19 bits per heavy atom. The molecule has 1 aliphatic carbocycles. The van der Waals surface area contributed by atoms with Crippen molar-refractivity contribution in [3.05, 3.63) is 52.4 Å². The number of amides is 1. The predicted octanol–water partition coefficient (Wildman–Crippen LogP) is 3.44. The maximum Gasteiger partial charge on any atom is 0.262 e. The van der Waals surface area contributed by atoms with Crippen LogP contribution in [0.25, 0.3) is 10.2 Å². The molecule has 1 aromatic carbocycles. The summed E-state index contributed by atoms with van der Waals surface area (Å²) in [7, 11) is -1.93. The summed E-state index contributed by atoms with van der Waals surface area (Å²) in [5.74, 6) is -0.266. The van der Waals surface area contributed by atoms with Crippen molar-refractivity contribution in [3.8, 4) is 0 Å². The smallest absolute Gasteiger partial charge is 0.262 e. The van der Waals surface area contributed by atoms with E-state index in [0.29, 0.717) is 15.9 Å². The molecule has 170 valence electrons. The third-order valence-corrected chi connectivity index (χ3v) is 8.68. The number of nitrogens with zero attached hydrogens (tertiary/aromatic N) is 3. The molecule has 32 heavy (non-hydrogen) atoms. The molecule has 0 saturated heterocycles. The van der Waals surface area contributed by atoms with E-state index in [9.17, 15) is 18.0 Å². The number of thiophene rings is 1. The molecule has 10 heteroatoms. The van der Waals surface area contributed by atoms with Gasteiger partial charge in [0.15, 0.2) is 0 Å². The average Bonchev–Trinajstić information content (AvgIpc) is 3.29. The van der Waals surface area contributed by atoms with Crippen molar-refractivity contribution in [2.75, 3.05) is 12.4 Å². The van der Waals surface area contributed by atoms with Crippen molar-refractivity contribution in [2.24, 2.45) is 0 Å². The number of hydrogen-bond acceptors (Lipinski definition) is 6. The van der Waals surface area contributed by atoms with Gasteiger partial charge in [-0.2, -0.15) is 4.31 Å². The number of fused-ring (bicyclic) bond motifs is 1. The van der Waals surface area contributed by atoms with Crippen LogP contribution in [0.4, 0.5) is 5.69 Å². The topological polar surface area (TPSA) is 101 Å². The first-order valence-electron chi connectivity index (χ1n) is 10.7. The number of aromatic nitrogens is 2. The molecule has 0 radical (unpaired) electrons. The highest BCUT2D eigenvalue weighted by Crippen LogP contribution is 2.27. The fourth-order valence-corrected chi connectivity index (χ4v) is 6.15. The Labute approximate surface area is 190 Å². The van der Waals surface area contributed by atoms with Crippen molar-refractivity contribution in [1.82, 2.24) is 13.9 Å². The zero-order valence-corrected chi connectivity index (χ0v) is 19.5. The Balaban J connectivity index is 1.37. The molecular weight excluding hydrogens is 448 g/mol. The number of benzene rings is 1. The van der Waals surface area contributed by atoms with E-state index < -0.39 is 10.0 Å². The third-order valence-electron chi connectivity index (χ3n) is 5.93. The second-order valence-corrected chi connectivity index (χ2v) is 10.9. The molecule has 1 saturated carbocycles. The van der Waals surface area contributed by atoms with Crippen LogP contribution in [-0.2, 0) is 21.4 Å². The van der Waals surface area contributed by atoms with Crippen LogP contribution >= 0.6 is 11.3 Å². The summed E-state index contributed by atoms with van der Waals surface area (Å²) in [6, 6.07) is 7.98. The summed E-state index contributed by atoms with van der Waals surface area (Å²) in [6.07, 6.45) is 6.60. The van der Waals surface area contributed by atoms with Gasteiger partial charge in [-0.05, 0) is 48.6 Å². The fraction of sp³-hybridized carbons (Fsp3) is 0.409. The van der Waals surface area contributed by atoms with Gasteiger partial charge in [0.2, 0.25) is 15.9 Å².